The molecule has 2 aromatic rings. The lowest BCUT2D eigenvalue weighted by Gasteiger charge is -2.14. The number of benzene rings is 1. The average Bonchev–Trinajstić information content (AvgIpc) is 2.70. The van der Waals surface area contributed by atoms with Crippen LogP contribution in [0.4, 0.5) is 11.6 Å². The van der Waals surface area contributed by atoms with Gasteiger partial charge in [0.1, 0.15) is 0 Å². The Morgan fingerprint density at radius 2 is 1.63 bits per heavy atom. The van der Waals surface area contributed by atoms with E-state index in [2.05, 4.69) is 27.5 Å². The summed E-state index contributed by atoms with van der Waals surface area (Å²) in [7, 11) is 4.64. The number of hydrogen-bond acceptors (Lipinski definition) is 7. The monoisotopic (exact) mass is 374 g/mol. The van der Waals surface area contributed by atoms with Gasteiger partial charge in [-0.25, -0.2) is 9.97 Å². The Hall–Kier alpha value is -3.03. The van der Waals surface area contributed by atoms with E-state index in [9.17, 15) is 4.79 Å². The van der Waals surface area contributed by atoms with Gasteiger partial charge in [-0.05, 0) is 6.42 Å². The Kier molecular flexibility index (Phi) is 7.66. The van der Waals surface area contributed by atoms with Crippen LogP contribution in [0.25, 0.3) is 0 Å². The van der Waals surface area contributed by atoms with Gasteiger partial charge in [-0.2, -0.15) is 0 Å². The number of carbonyl (C=O) groups is 1. The molecule has 1 aromatic carbocycles. The highest BCUT2D eigenvalue weighted by Crippen LogP contribution is 2.40. The fourth-order valence-electron chi connectivity index (χ4n) is 2.47. The largest absolute Gasteiger partial charge is 0.493 e. The minimum Gasteiger partial charge on any atom is -0.493 e. The maximum Gasteiger partial charge on any atom is 0.254 e. The van der Waals surface area contributed by atoms with Gasteiger partial charge in [-0.15, -0.1) is 0 Å². The molecular weight excluding hydrogens is 348 g/mol. The van der Waals surface area contributed by atoms with Crippen molar-refractivity contribution in [1.29, 1.82) is 0 Å². The van der Waals surface area contributed by atoms with Crippen LogP contribution in [0.2, 0.25) is 0 Å². The van der Waals surface area contributed by atoms with E-state index in [4.69, 9.17) is 14.2 Å². The van der Waals surface area contributed by atoms with Crippen LogP contribution >= 0.6 is 0 Å². The van der Waals surface area contributed by atoms with E-state index in [1.165, 1.54) is 12.4 Å². The molecule has 1 heterocycles. The van der Waals surface area contributed by atoms with Crippen molar-refractivity contribution in [2.24, 2.45) is 0 Å². The van der Waals surface area contributed by atoms with Gasteiger partial charge in [0.2, 0.25) is 11.7 Å². The molecule has 0 radical (unpaired) electrons. The summed E-state index contributed by atoms with van der Waals surface area (Å²) in [5.41, 5.74) is 1.09. The first-order chi connectivity index (χ1) is 13.1. The molecule has 0 bridgehead atoms. The van der Waals surface area contributed by atoms with Crippen molar-refractivity contribution in [2.75, 3.05) is 33.2 Å². The molecule has 0 atom stereocenters. The smallest absolute Gasteiger partial charge is 0.254 e. The number of methoxy groups -OCH3 is 3. The lowest BCUT2D eigenvalue weighted by Crippen LogP contribution is -2.24. The van der Waals surface area contributed by atoms with Crippen LogP contribution < -0.4 is 24.8 Å². The fraction of sp³-hybridized carbons (Fsp3) is 0.421. The summed E-state index contributed by atoms with van der Waals surface area (Å²) >= 11 is 0. The zero-order chi connectivity index (χ0) is 19.6. The van der Waals surface area contributed by atoms with Crippen molar-refractivity contribution in [3.63, 3.8) is 0 Å². The summed E-state index contributed by atoms with van der Waals surface area (Å²) in [6.45, 7) is 2.77. The first kappa shape index (κ1) is 20.3. The molecule has 0 saturated heterocycles. The van der Waals surface area contributed by atoms with E-state index in [0.717, 1.165) is 19.3 Å². The van der Waals surface area contributed by atoms with Gasteiger partial charge >= 0.3 is 0 Å². The quantitative estimate of drug-likeness (QED) is 0.617. The van der Waals surface area contributed by atoms with Crippen molar-refractivity contribution >= 4 is 17.5 Å². The van der Waals surface area contributed by atoms with Crippen molar-refractivity contribution in [1.82, 2.24) is 15.3 Å². The maximum atomic E-state index is 12.1. The molecule has 8 nitrogen and oxygen atoms in total. The van der Waals surface area contributed by atoms with Crippen molar-refractivity contribution < 1.29 is 19.0 Å². The molecule has 0 unspecified atom stereocenters. The van der Waals surface area contributed by atoms with Gasteiger partial charge in [-0.1, -0.05) is 19.8 Å². The lowest BCUT2D eigenvalue weighted by molar-refractivity contribution is 0.0952. The highest BCUT2D eigenvalue weighted by Gasteiger charge is 2.14. The van der Waals surface area contributed by atoms with E-state index >= 15 is 0 Å². The zero-order valence-corrected chi connectivity index (χ0v) is 16.2. The number of anilines is 2. The molecule has 2 rings (SSSR count). The number of aromatic nitrogens is 2. The molecule has 0 aliphatic heterocycles. The normalized spacial score (nSPS) is 10.2. The third-order valence-corrected chi connectivity index (χ3v) is 3.90. The molecule has 1 aromatic heterocycles. The van der Waals surface area contributed by atoms with Crippen LogP contribution in [0.3, 0.4) is 0 Å². The number of amides is 1. The lowest BCUT2D eigenvalue weighted by atomic mass is 10.2. The van der Waals surface area contributed by atoms with Crippen LogP contribution in [-0.2, 0) is 0 Å². The highest BCUT2D eigenvalue weighted by atomic mass is 16.5. The van der Waals surface area contributed by atoms with Crippen molar-refractivity contribution in [3.05, 3.63) is 30.1 Å². The SMILES string of the molecule is CCCCCNC(=O)c1cnc(Nc2cc(OC)c(OC)c(OC)c2)nc1. The van der Waals surface area contributed by atoms with Gasteiger partial charge in [0.15, 0.2) is 11.5 Å². The summed E-state index contributed by atoms with van der Waals surface area (Å²) in [5.74, 6) is 1.71. The first-order valence-corrected chi connectivity index (χ1v) is 8.80. The Morgan fingerprint density at radius 3 is 2.15 bits per heavy atom. The van der Waals surface area contributed by atoms with Crippen LogP contribution in [0, 0.1) is 0 Å². The zero-order valence-electron chi connectivity index (χ0n) is 16.2. The third kappa shape index (κ3) is 5.47. The van der Waals surface area contributed by atoms with E-state index in [-0.39, 0.29) is 5.91 Å². The van der Waals surface area contributed by atoms with Gasteiger partial charge in [0, 0.05) is 36.8 Å². The number of unbranched alkanes of at least 4 members (excludes halogenated alkanes) is 2. The van der Waals surface area contributed by atoms with E-state index in [0.29, 0.717) is 41.0 Å². The van der Waals surface area contributed by atoms with Gasteiger partial charge in [0.05, 0.1) is 26.9 Å². The standard InChI is InChI=1S/C19H26N4O4/c1-5-6-7-8-20-18(24)13-11-21-19(22-12-13)23-14-9-15(25-2)17(27-4)16(10-14)26-3/h9-12H,5-8H2,1-4H3,(H,20,24)(H,21,22,23). The van der Waals surface area contributed by atoms with Crippen LogP contribution in [0.5, 0.6) is 17.2 Å². The van der Waals surface area contributed by atoms with Crippen LogP contribution in [0.15, 0.2) is 24.5 Å². The van der Waals surface area contributed by atoms with Gasteiger partial charge in [-0.3, -0.25) is 4.79 Å². The van der Waals surface area contributed by atoms with Gasteiger partial charge < -0.3 is 24.8 Å². The van der Waals surface area contributed by atoms with Crippen LogP contribution in [0.1, 0.15) is 36.5 Å². The Bertz CT molecular complexity index is 725. The number of carbonyl (C=O) groups excluding carboxylic acids is 1. The second kappa shape index (κ2) is 10.2. The first-order valence-electron chi connectivity index (χ1n) is 8.80. The molecular formula is C19H26N4O4. The molecule has 0 aliphatic carbocycles. The van der Waals surface area contributed by atoms with Gasteiger partial charge in [0.25, 0.3) is 5.91 Å². The number of nitrogens with one attached hydrogen (secondary N) is 2. The number of rotatable bonds is 10. The summed E-state index contributed by atoms with van der Waals surface area (Å²) in [6.07, 6.45) is 6.14. The number of ether oxygens (including phenoxy) is 3. The Morgan fingerprint density at radius 1 is 1.00 bits per heavy atom. The predicted molar refractivity (Wildman–Crippen MR) is 103 cm³/mol. The number of nitrogens with zero attached hydrogens (tertiary/aromatic N) is 2. The summed E-state index contributed by atoms with van der Waals surface area (Å²) in [5, 5.41) is 5.92. The third-order valence-electron chi connectivity index (χ3n) is 3.90. The predicted octanol–water partition coefficient (Wildman–Crippen LogP) is 3.17. The summed E-state index contributed by atoms with van der Waals surface area (Å²) in [6, 6.07) is 3.50. The molecule has 0 aliphatic rings. The van der Waals surface area contributed by atoms with Crippen molar-refractivity contribution in [3.8, 4) is 17.2 Å². The molecule has 8 heteroatoms. The molecule has 1 amide bonds. The molecule has 0 fully saturated rings. The fourth-order valence-corrected chi connectivity index (χ4v) is 2.47. The van der Waals surface area contributed by atoms with E-state index in [1.54, 1.807) is 33.5 Å². The highest BCUT2D eigenvalue weighted by molar-refractivity contribution is 5.93. The summed E-state index contributed by atoms with van der Waals surface area (Å²) < 4.78 is 15.9. The van der Waals surface area contributed by atoms with Crippen LogP contribution in [-0.4, -0.2) is 43.7 Å². The topological polar surface area (TPSA) is 94.6 Å². The Balaban J connectivity index is 2.07. The molecule has 146 valence electrons. The molecule has 0 saturated carbocycles. The molecule has 2 N–H and O–H groups in total. The minimum absolute atomic E-state index is 0.176. The summed E-state index contributed by atoms with van der Waals surface area (Å²) in [4.78, 5) is 20.5. The van der Waals surface area contributed by atoms with E-state index in [1.807, 2.05) is 0 Å². The maximum absolute atomic E-state index is 12.1. The molecule has 0 spiro atoms. The average molecular weight is 374 g/mol. The Labute approximate surface area is 159 Å². The number of hydrogen-bond donors (Lipinski definition) is 2. The van der Waals surface area contributed by atoms with Crippen molar-refractivity contribution in [2.45, 2.75) is 26.2 Å². The van der Waals surface area contributed by atoms with E-state index < -0.39 is 0 Å². The molecule has 27 heavy (non-hydrogen) atoms. The second-order valence-electron chi connectivity index (χ2n) is 5.80. The minimum atomic E-state index is -0.176. The second-order valence-corrected chi connectivity index (χ2v) is 5.80.